The second-order valence-electron chi connectivity index (χ2n) is 30.2. The van der Waals surface area contributed by atoms with Crippen LogP contribution in [0.25, 0.3) is 0 Å². The number of amides is 3. The Kier molecular flexibility index (Phi) is 54.1. The Bertz CT molecular complexity index is 4910. The van der Waals surface area contributed by atoms with E-state index in [0.29, 0.717) is 123 Å². The molecule has 713 valence electrons. The van der Waals surface area contributed by atoms with E-state index in [1.807, 2.05) is 126 Å². The van der Waals surface area contributed by atoms with Gasteiger partial charge in [0, 0.05) is 30.0 Å². The third kappa shape index (κ3) is 46.1. The molecule has 10 rings (SSSR count). The van der Waals surface area contributed by atoms with Crippen LogP contribution in [0.3, 0.4) is 0 Å². The molecule has 3 amide bonds. The van der Waals surface area contributed by atoms with E-state index in [1.54, 1.807) is 108 Å². The normalized spacial score (nSPS) is 10.3. The van der Waals surface area contributed by atoms with Crippen molar-refractivity contribution in [2.75, 3.05) is 109 Å². The first kappa shape index (κ1) is 114. The maximum atomic E-state index is 13.2. The first-order valence-electron chi connectivity index (χ1n) is 41.2. The largest absolute Gasteiger partial charge is 0.504 e. The maximum absolute atomic E-state index is 13.2. The summed E-state index contributed by atoms with van der Waals surface area (Å²) >= 11 is 0. The molecule has 10 aromatic rings. The minimum atomic E-state index is -0.520. The molecule has 0 atom stereocenters. The molecule has 0 aliphatic carbocycles. The summed E-state index contributed by atoms with van der Waals surface area (Å²) in [5.74, 6) is 4.62. The maximum Gasteiger partial charge on any atom is 0.407 e. The lowest BCUT2D eigenvalue weighted by Gasteiger charge is -2.19. The quantitative estimate of drug-likeness (QED) is 0.00570. The lowest BCUT2D eigenvalue weighted by atomic mass is 10.1. The second-order valence-corrected chi connectivity index (χ2v) is 30.2. The van der Waals surface area contributed by atoms with Gasteiger partial charge in [-0.1, -0.05) is 99.8 Å². The average molecular weight is 1830 g/mol. The Morgan fingerprint density at radius 3 is 0.855 bits per heavy atom. The summed E-state index contributed by atoms with van der Waals surface area (Å²) < 4.78 is 122. The fourth-order valence-corrected chi connectivity index (χ4v) is 11.5. The number of methoxy groups -OCH3 is 7. The van der Waals surface area contributed by atoms with E-state index in [2.05, 4.69) is 31.3 Å². The fourth-order valence-electron chi connectivity index (χ4n) is 11.5. The van der Waals surface area contributed by atoms with Crippen molar-refractivity contribution in [2.45, 2.75) is 133 Å². The van der Waals surface area contributed by atoms with Gasteiger partial charge in [0.05, 0.1) is 62.9 Å². The van der Waals surface area contributed by atoms with Gasteiger partial charge in [0.1, 0.15) is 60.9 Å². The Morgan fingerprint density at radius 1 is 0.344 bits per heavy atom. The van der Waals surface area contributed by atoms with Crippen LogP contribution in [0, 0.1) is 23.3 Å². The molecule has 11 N–H and O–H groups in total. The number of phenolic OH excluding ortho intramolecular Hbond substituents is 2. The number of hydrogen-bond donors (Lipinski definition) is 9. The van der Waals surface area contributed by atoms with E-state index in [4.69, 9.17) is 68.3 Å². The predicted molar refractivity (Wildman–Crippen MR) is 506 cm³/mol. The topological polar surface area (TPSA) is 341 Å². The number of aromatic hydroxyl groups is 2. The van der Waals surface area contributed by atoms with E-state index >= 15 is 0 Å². The van der Waals surface area contributed by atoms with Crippen LogP contribution in [0.4, 0.5) is 27.2 Å². The molecule has 0 unspecified atom stereocenters. The van der Waals surface area contributed by atoms with Gasteiger partial charge in [0.15, 0.2) is 69.0 Å². The predicted octanol–water partition coefficient (Wildman–Crippen LogP) is 16.9. The molecule has 31 heteroatoms. The number of hydrogen-bond acceptors (Lipinski definition) is 23. The number of rotatable bonds is 38. The van der Waals surface area contributed by atoms with E-state index in [0.717, 1.165) is 81.3 Å². The highest BCUT2D eigenvalue weighted by molar-refractivity contribution is 5.77. The number of alkyl carbamates (subject to hydrolysis) is 2. The molecule has 3 radical (unpaired) electrons. The highest BCUT2D eigenvalue weighted by Gasteiger charge is 2.19. The molecule has 0 fully saturated rings. The zero-order valence-corrected chi connectivity index (χ0v) is 75.9. The van der Waals surface area contributed by atoms with Gasteiger partial charge in [-0.05, 0) is 283 Å². The van der Waals surface area contributed by atoms with E-state index in [1.165, 1.54) is 69.9 Å². The Hall–Kier alpha value is -13.1. The van der Waals surface area contributed by atoms with Gasteiger partial charge in [-0.3, -0.25) is 9.59 Å². The molecule has 0 spiro atoms. The summed E-state index contributed by atoms with van der Waals surface area (Å²) in [6, 6.07) is 58.2. The van der Waals surface area contributed by atoms with Crippen molar-refractivity contribution >= 4 is 32.5 Å². The molecule has 0 aromatic heterocycles. The van der Waals surface area contributed by atoms with Crippen molar-refractivity contribution in [3.05, 3.63) is 285 Å². The van der Waals surface area contributed by atoms with E-state index < -0.39 is 23.4 Å². The highest BCUT2D eigenvalue weighted by Crippen LogP contribution is 2.34. The Morgan fingerprint density at radius 2 is 0.603 bits per heavy atom. The van der Waals surface area contributed by atoms with Crippen LogP contribution in [-0.2, 0) is 88.8 Å². The zero-order valence-electron chi connectivity index (χ0n) is 75.9. The van der Waals surface area contributed by atoms with Gasteiger partial charge in [0.25, 0.3) is 0 Å². The SMILES string of the molecule is C.C.CNC(=O)CNCCc1ccc(OCc2cccc(F)c2)c(OC)c1.COC(=O)CNCCc1ccc(OCc2cccc(F)c2)c(OC)c1.COc1cc(CCN)ccc1O.COc1cc(CCN)ccc1OCc1cccc(F)c1.COc1cc(CCNC(=O)OC(C)(C)C)ccc1O.COc1cc(CCNC(=O)OC(C)(C)C)ccc1OCc1cccc(F)c1.[2HH].[B]. The molecule has 26 nitrogen and oxygen atoms in total. The smallest absolute Gasteiger partial charge is 0.407 e. The summed E-state index contributed by atoms with van der Waals surface area (Å²) in [5.41, 5.74) is 19.2. The van der Waals surface area contributed by atoms with Crippen LogP contribution < -0.4 is 85.4 Å². The van der Waals surface area contributed by atoms with Crippen LogP contribution in [0.5, 0.6) is 69.0 Å². The third-order valence-electron chi connectivity index (χ3n) is 17.8. The van der Waals surface area contributed by atoms with Crippen LogP contribution >= 0.6 is 0 Å². The van der Waals surface area contributed by atoms with Crippen molar-refractivity contribution < 1.29 is 110 Å². The number of carbonyl (C=O) groups is 4. The summed E-state index contributed by atoms with van der Waals surface area (Å²) in [5, 5.41) is 32.7. The van der Waals surface area contributed by atoms with Crippen LogP contribution in [0.15, 0.2) is 206 Å². The van der Waals surface area contributed by atoms with Gasteiger partial charge < -0.3 is 110 Å². The van der Waals surface area contributed by atoms with Crippen molar-refractivity contribution in [3.63, 3.8) is 0 Å². The molecule has 0 bridgehead atoms. The lowest BCUT2D eigenvalue weighted by molar-refractivity contribution is -0.139. The number of carbonyl (C=O) groups excluding carboxylic acids is 4. The Labute approximate surface area is 772 Å². The van der Waals surface area contributed by atoms with Crippen LogP contribution in [0.2, 0.25) is 0 Å². The monoisotopic (exact) mass is 1820 g/mol. The number of likely N-dealkylation sites (N-methyl/N-ethyl adjacent to an activating group) is 1. The summed E-state index contributed by atoms with van der Waals surface area (Å²) in [4.78, 5) is 45.3. The molecule has 0 saturated heterocycles. The molecule has 0 heterocycles. The number of nitrogens with two attached hydrogens (primary N) is 2. The van der Waals surface area contributed by atoms with E-state index in [9.17, 15) is 47.0 Å². The number of ether oxygens (including phenoxy) is 13. The molecular formula is C100H133BF4N7O19. The summed E-state index contributed by atoms with van der Waals surface area (Å²) in [6.45, 7) is 15.9. The number of esters is 1. The minimum absolute atomic E-state index is 0. The standard InChI is InChI=1S/C21H26FNO4.C19H23FN2O3.C19H22FNO4.C16H18FNO2.C14H21NO4.C9H13NO2.2CH4.B.H2/c1-21(2,3)27-20(24)23-11-10-15-8-9-18(19(13-15)25-4)26-14-16-6-5-7-17(22)12-16;1-21-19(23)12-22-9-8-14-6-7-17(18(11-14)24-2)25-13-15-4-3-5-16(20)10-15;1-23-18-11-14(8-9-21-12-19(22)24-2)6-7-17(18)25-13-15-4-3-5-16(20)10-15;1-19-16-10-12(7-8-18)5-6-15(16)20-11-13-3-2-4-14(17)9-13;1-14(2,3)19-13(17)15-8-7-10-5-6-11(16)12(9-10)18-4;1-12-9-6-7(4-5-10)2-3-8(9)11;;;;/h5-9,12-13H,10-11,14H2,1-4H3,(H,23,24);3-7,10-11,22H,8-9,12-13H2,1-2H3,(H,21,23);3-7,10-11,21H,8-9,12-13H2,1-2H3;2-6,9-10H,7-8,11,18H2,1H3;5-6,9,16H,7-8H2,1-4H3,(H,15,17);2-3,6,11H,4-5,10H2,1H3;2*1H4;;1H/i;;;;;;;;;1+1. The van der Waals surface area contributed by atoms with Crippen molar-refractivity contribution in [2.24, 2.45) is 11.5 Å². The van der Waals surface area contributed by atoms with Gasteiger partial charge in [0.2, 0.25) is 5.91 Å². The van der Waals surface area contributed by atoms with Crippen molar-refractivity contribution in [3.8, 4) is 69.0 Å². The Balaban J connectivity index is 0.000000797. The summed E-state index contributed by atoms with van der Waals surface area (Å²) in [7, 11) is 12.3. The molecule has 0 saturated carbocycles. The highest BCUT2D eigenvalue weighted by atomic mass is 19.1. The van der Waals surface area contributed by atoms with Gasteiger partial charge in [-0.15, -0.1) is 0 Å². The van der Waals surface area contributed by atoms with Crippen molar-refractivity contribution in [1.82, 2.24) is 26.6 Å². The fraction of sp³-hybridized carbons (Fsp3) is 0.360. The minimum Gasteiger partial charge on any atom is -0.504 e. The molecule has 131 heavy (non-hydrogen) atoms. The first-order chi connectivity index (χ1) is 61.3. The second kappa shape index (κ2) is 62.2. The van der Waals surface area contributed by atoms with Gasteiger partial charge >= 0.3 is 18.2 Å². The van der Waals surface area contributed by atoms with Crippen molar-refractivity contribution in [1.29, 1.82) is 0 Å². The number of nitrogens with one attached hydrogen (secondary N) is 5. The molecule has 0 aliphatic rings. The number of halogens is 4. The van der Waals surface area contributed by atoms with Crippen LogP contribution in [0.1, 0.15) is 113 Å². The van der Waals surface area contributed by atoms with Gasteiger partial charge in [-0.25, -0.2) is 27.2 Å². The van der Waals surface area contributed by atoms with E-state index in [-0.39, 0.29) is 97.7 Å². The zero-order chi connectivity index (χ0) is 93.8. The average Bonchev–Trinajstić information content (AvgIpc) is 0.864. The molecule has 0 aliphatic heterocycles. The summed E-state index contributed by atoms with van der Waals surface area (Å²) in [6.07, 6.45) is 3.48. The van der Waals surface area contributed by atoms with Gasteiger partial charge in [-0.2, -0.15) is 0 Å². The number of benzene rings is 10. The molecular weight excluding hydrogens is 1690 g/mol. The number of phenols is 2. The first-order valence-corrected chi connectivity index (χ1v) is 41.2. The lowest BCUT2D eigenvalue weighted by Crippen LogP contribution is -2.33. The third-order valence-corrected chi connectivity index (χ3v) is 17.8. The van der Waals surface area contributed by atoms with Crippen LogP contribution in [-0.4, -0.2) is 163 Å². The molecule has 10 aromatic carbocycles.